The molecule has 0 fully saturated rings. The molecule has 2 rings (SSSR count). The van der Waals surface area contributed by atoms with Gasteiger partial charge in [0.2, 0.25) is 0 Å². The van der Waals surface area contributed by atoms with E-state index in [-0.39, 0.29) is 5.91 Å². The molecule has 7 nitrogen and oxygen atoms in total. The summed E-state index contributed by atoms with van der Waals surface area (Å²) in [6, 6.07) is 19.2. The molecule has 0 unspecified atom stereocenters. The summed E-state index contributed by atoms with van der Waals surface area (Å²) in [6.07, 6.45) is 1.12. The molecule has 0 spiro atoms. The van der Waals surface area contributed by atoms with Crippen LogP contribution in [0.3, 0.4) is 0 Å². The molecule has 28 heavy (non-hydrogen) atoms. The first-order valence-electron chi connectivity index (χ1n) is 8.52. The quantitative estimate of drug-likeness (QED) is 0.712. The molecule has 2 aromatic carbocycles. The zero-order valence-electron chi connectivity index (χ0n) is 15.9. The van der Waals surface area contributed by atoms with E-state index in [1.165, 1.54) is 0 Å². The number of rotatable bonds is 7. The van der Waals surface area contributed by atoms with Crippen molar-refractivity contribution in [2.24, 2.45) is 0 Å². The van der Waals surface area contributed by atoms with Crippen LogP contribution in [-0.4, -0.2) is 60.1 Å². The Bertz CT molecular complexity index is 773. The van der Waals surface area contributed by atoms with Gasteiger partial charge in [-0.1, -0.05) is 36.4 Å². The number of nitrogens with zero attached hydrogens (tertiary/aromatic N) is 2. The fraction of sp³-hybridized carbons (Fsp3) is 0.190. The highest BCUT2D eigenvalue weighted by atomic mass is 16.4. The number of likely N-dealkylation sites (N-methyl/N-ethyl adjacent to an activating group) is 1. The molecule has 0 saturated heterocycles. The van der Waals surface area contributed by atoms with E-state index >= 15 is 0 Å². The number of carboxylic acids is 2. The monoisotopic (exact) mass is 384 g/mol. The van der Waals surface area contributed by atoms with Crippen LogP contribution in [0, 0.1) is 0 Å². The van der Waals surface area contributed by atoms with Gasteiger partial charge in [0.1, 0.15) is 0 Å². The molecule has 0 saturated carbocycles. The fourth-order valence-corrected chi connectivity index (χ4v) is 2.13. The van der Waals surface area contributed by atoms with Crippen molar-refractivity contribution in [1.29, 1.82) is 0 Å². The van der Waals surface area contributed by atoms with Crippen molar-refractivity contribution in [3.63, 3.8) is 0 Å². The van der Waals surface area contributed by atoms with Crippen LogP contribution in [0.1, 0.15) is 10.4 Å². The van der Waals surface area contributed by atoms with E-state index in [4.69, 9.17) is 10.2 Å². The molecule has 0 bridgehead atoms. The van der Waals surface area contributed by atoms with E-state index in [0.29, 0.717) is 18.7 Å². The molecule has 2 N–H and O–H groups in total. The summed E-state index contributed by atoms with van der Waals surface area (Å²) in [5, 5.41) is 15.6. The molecule has 0 aliphatic heterocycles. The Labute approximate surface area is 164 Å². The maximum atomic E-state index is 12.7. The summed E-state index contributed by atoms with van der Waals surface area (Å²) in [6.45, 7) is 1.50. The average Bonchev–Trinajstić information content (AvgIpc) is 2.68. The Morgan fingerprint density at radius 1 is 0.786 bits per heavy atom. The fourth-order valence-electron chi connectivity index (χ4n) is 2.13. The standard InChI is InChI=1S/C17H20N2O.C4H4O4/c1-18(2)13-14-19(16-11-7-4-8-12-16)17(20)15-9-5-3-6-10-15;5-3(6)1-2-4(7)8/h3-12H,13-14H2,1-2H3;1-2H,(H,5,6)(H,7,8)/b;2-1+. The smallest absolute Gasteiger partial charge is 0.328 e. The number of hydrogen-bond donors (Lipinski definition) is 2. The summed E-state index contributed by atoms with van der Waals surface area (Å²) in [4.78, 5) is 35.7. The zero-order chi connectivity index (χ0) is 20.9. The Morgan fingerprint density at radius 3 is 1.68 bits per heavy atom. The largest absolute Gasteiger partial charge is 0.478 e. The third-order valence-electron chi connectivity index (χ3n) is 3.47. The van der Waals surface area contributed by atoms with Gasteiger partial charge in [0, 0.05) is 36.5 Å². The second kappa shape index (κ2) is 12.0. The van der Waals surface area contributed by atoms with Gasteiger partial charge in [-0.25, -0.2) is 9.59 Å². The molecule has 2 aromatic rings. The summed E-state index contributed by atoms with van der Waals surface area (Å²) in [7, 11) is 4.02. The Hall–Kier alpha value is -3.45. The summed E-state index contributed by atoms with van der Waals surface area (Å²) in [5.74, 6) is -2.47. The van der Waals surface area contributed by atoms with Crippen LogP contribution in [0.5, 0.6) is 0 Å². The Balaban J connectivity index is 0.000000416. The minimum Gasteiger partial charge on any atom is -0.478 e. The molecular weight excluding hydrogens is 360 g/mol. The number of carbonyl (C=O) groups is 3. The molecule has 0 atom stereocenters. The van der Waals surface area contributed by atoms with Crippen molar-refractivity contribution in [2.75, 3.05) is 32.1 Å². The molecule has 148 valence electrons. The summed E-state index contributed by atoms with van der Waals surface area (Å²) in [5.41, 5.74) is 1.65. The van der Waals surface area contributed by atoms with Gasteiger partial charge in [-0.3, -0.25) is 4.79 Å². The topological polar surface area (TPSA) is 98.2 Å². The van der Waals surface area contributed by atoms with E-state index in [2.05, 4.69) is 4.90 Å². The first-order valence-corrected chi connectivity index (χ1v) is 8.52. The molecule has 7 heteroatoms. The SMILES string of the molecule is CN(C)CCN(C(=O)c1ccccc1)c1ccccc1.O=C(O)/C=C/C(=O)O. The van der Waals surface area contributed by atoms with Gasteiger partial charge in [-0.15, -0.1) is 0 Å². The van der Waals surface area contributed by atoms with E-state index in [0.717, 1.165) is 17.8 Å². The third-order valence-corrected chi connectivity index (χ3v) is 3.47. The van der Waals surface area contributed by atoms with Gasteiger partial charge in [-0.2, -0.15) is 0 Å². The van der Waals surface area contributed by atoms with Crippen molar-refractivity contribution in [3.05, 3.63) is 78.4 Å². The van der Waals surface area contributed by atoms with Crippen LogP contribution in [0.2, 0.25) is 0 Å². The first kappa shape index (κ1) is 22.6. The molecular formula is C21H24N2O5. The Kier molecular flexibility index (Phi) is 9.71. The number of amides is 1. The number of anilines is 1. The van der Waals surface area contributed by atoms with Crippen molar-refractivity contribution in [2.45, 2.75) is 0 Å². The van der Waals surface area contributed by atoms with Gasteiger partial charge in [0.05, 0.1) is 0 Å². The number of hydrogen-bond acceptors (Lipinski definition) is 4. The van der Waals surface area contributed by atoms with Gasteiger partial charge in [0.15, 0.2) is 0 Å². The lowest BCUT2D eigenvalue weighted by Crippen LogP contribution is -2.36. The van der Waals surface area contributed by atoms with Crippen molar-refractivity contribution in [3.8, 4) is 0 Å². The molecule has 0 aliphatic carbocycles. The van der Waals surface area contributed by atoms with Crippen molar-refractivity contribution in [1.82, 2.24) is 4.90 Å². The normalized spacial score (nSPS) is 10.2. The second-order valence-electron chi connectivity index (χ2n) is 5.97. The van der Waals surface area contributed by atoms with Gasteiger partial charge in [0.25, 0.3) is 5.91 Å². The number of carbonyl (C=O) groups excluding carboxylic acids is 1. The molecule has 0 aromatic heterocycles. The predicted octanol–water partition coefficient (Wildman–Crippen LogP) is 2.61. The lowest BCUT2D eigenvalue weighted by atomic mass is 10.2. The number of para-hydroxylation sites is 1. The van der Waals surface area contributed by atoms with E-state index in [1.54, 1.807) is 0 Å². The first-order chi connectivity index (χ1) is 13.3. The molecule has 0 radical (unpaired) electrons. The molecule has 1 amide bonds. The number of aliphatic carboxylic acids is 2. The van der Waals surface area contributed by atoms with Crippen molar-refractivity contribution >= 4 is 23.5 Å². The average molecular weight is 384 g/mol. The number of benzene rings is 2. The van der Waals surface area contributed by atoms with Crippen LogP contribution in [0.15, 0.2) is 72.8 Å². The predicted molar refractivity (Wildman–Crippen MR) is 108 cm³/mol. The van der Waals surface area contributed by atoms with Crippen LogP contribution in [-0.2, 0) is 9.59 Å². The third kappa shape index (κ3) is 8.77. The van der Waals surface area contributed by atoms with Gasteiger partial charge in [-0.05, 0) is 38.4 Å². The lowest BCUT2D eigenvalue weighted by molar-refractivity contribution is -0.134. The van der Waals surface area contributed by atoms with Gasteiger partial charge < -0.3 is 20.0 Å². The molecule has 0 aliphatic rings. The molecule has 0 heterocycles. The van der Waals surface area contributed by atoms with Crippen LogP contribution in [0.4, 0.5) is 5.69 Å². The van der Waals surface area contributed by atoms with Crippen LogP contribution >= 0.6 is 0 Å². The summed E-state index contributed by atoms with van der Waals surface area (Å²) < 4.78 is 0. The van der Waals surface area contributed by atoms with Crippen LogP contribution in [0.25, 0.3) is 0 Å². The maximum Gasteiger partial charge on any atom is 0.328 e. The number of carboxylic acid groups (broad SMARTS) is 2. The van der Waals surface area contributed by atoms with E-state index in [1.807, 2.05) is 79.7 Å². The highest BCUT2D eigenvalue weighted by Gasteiger charge is 2.17. The second-order valence-corrected chi connectivity index (χ2v) is 5.97. The zero-order valence-corrected chi connectivity index (χ0v) is 15.9. The van der Waals surface area contributed by atoms with Crippen LogP contribution < -0.4 is 4.90 Å². The minimum absolute atomic E-state index is 0.0404. The summed E-state index contributed by atoms with van der Waals surface area (Å²) >= 11 is 0. The van der Waals surface area contributed by atoms with E-state index < -0.39 is 11.9 Å². The lowest BCUT2D eigenvalue weighted by Gasteiger charge is -2.24. The minimum atomic E-state index is -1.26. The Morgan fingerprint density at radius 2 is 1.25 bits per heavy atom. The van der Waals surface area contributed by atoms with Gasteiger partial charge >= 0.3 is 11.9 Å². The maximum absolute atomic E-state index is 12.7. The highest BCUT2D eigenvalue weighted by Crippen LogP contribution is 2.16. The van der Waals surface area contributed by atoms with Crippen molar-refractivity contribution < 1.29 is 24.6 Å². The highest BCUT2D eigenvalue weighted by molar-refractivity contribution is 6.06. The van der Waals surface area contributed by atoms with E-state index in [9.17, 15) is 14.4 Å².